The highest BCUT2D eigenvalue weighted by Crippen LogP contribution is 2.22. The average Bonchev–Trinajstić information content (AvgIpc) is 3.18. The van der Waals surface area contributed by atoms with E-state index in [2.05, 4.69) is 20.4 Å². The van der Waals surface area contributed by atoms with E-state index in [1.54, 1.807) is 0 Å². The van der Waals surface area contributed by atoms with Crippen molar-refractivity contribution in [1.29, 1.82) is 0 Å². The first-order valence-corrected chi connectivity index (χ1v) is 10.7. The molecule has 0 saturated carbocycles. The summed E-state index contributed by atoms with van der Waals surface area (Å²) in [5, 5.41) is 6.80. The lowest BCUT2D eigenvalue weighted by molar-refractivity contribution is 0.441. The number of nitrogens with zero attached hydrogens (tertiary/aromatic N) is 5. The molecule has 0 bridgehead atoms. The minimum atomic E-state index is 0.0109. The van der Waals surface area contributed by atoms with Crippen molar-refractivity contribution in [2.75, 3.05) is 60.9 Å². The molecular formula is C18H35N11. The van der Waals surface area contributed by atoms with Crippen LogP contribution >= 0.6 is 0 Å². The first-order valence-electron chi connectivity index (χ1n) is 10.7. The number of nitrogens with two attached hydrogens (primary N) is 4. The summed E-state index contributed by atoms with van der Waals surface area (Å²) >= 11 is 0. The van der Waals surface area contributed by atoms with Crippen LogP contribution in [0.1, 0.15) is 19.3 Å². The Bertz CT molecular complexity index is 616. The zero-order chi connectivity index (χ0) is 20.4. The van der Waals surface area contributed by atoms with E-state index in [-0.39, 0.29) is 24.2 Å². The van der Waals surface area contributed by atoms with Crippen molar-refractivity contribution in [1.82, 2.24) is 20.3 Å². The monoisotopic (exact) mass is 405 g/mol. The smallest absolute Gasteiger partial charge is 0.232 e. The van der Waals surface area contributed by atoms with Gasteiger partial charge in [0.2, 0.25) is 17.8 Å². The summed E-state index contributed by atoms with van der Waals surface area (Å²) in [5.41, 5.74) is 24.8. The summed E-state index contributed by atoms with van der Waals surface area (Å²) in [6, 6.07) is 0.0436. The molecule has 4 rings (SSSR count). The summed E-state index contributed by atoms with van der Waals surface area (Å²) in [7, 11) is 0. The second-order valence-electron chi connectivity index (χ2n) is 8.82. The molecule has 1 aromatic heterocycles. The van der Waals surface area contributed by atoms with E-state index in [1.165, 1.54) is 0 Å². The highest BCUT2D eigenvalue weighted by atomic mass is 15.4. The Kier molecular flexibility index (Phi) is 6.30. The summed E-state index contributed by atoms with van der Waals surface area (Å²) in [4.78, 5) is 18.3. The molecule has 4 heterocycles. The van der Waals surface area contributed by atoms with E-state index in [0.717, 1.165) is 38.9 Å². The molecular weight excluding hydrogens is 370 g/mol. The molecule has 0 spiro atoms. The van der Waals surface area contributed by atoms with Crippen molar-refractivity contribution in [3.8, 4) is 0 Å². The van der Waals surface area contributed by atoms with Gasteiger partial charge in [-0.3, -0.25) is 0 Å². The van der Waals surface area contributed by atoms with Gasteiger partial charge in [-0.2, -0.15) is 15.0 Å². The van der Waals surface area contributed by atoms with Crippen LogP contribution in [0.15, 0.2) is 0 Å². The molecule has 0 radical (unpaired) electrons. The standard InChI is InChI=1S/C18H35N11/c19-12-3-13(20)8-28(7-12)17-25-16(24-6-11-1-2-23-5-11)26-18(27-17)29-9-14(21)4-15(22)10-29/h11-15,23H,1-10,19-22H2,(H,24,25,26,27)/t11?,12-,13+,14-,15+. The Labute approximate surface area is 172 Å². The maximum Gasteiger partial charge on any atom is 0.232 e. The largest absolute Gasteiger partial charge is 0.354 e. The summed E-state index contributed by atoms with van der Waals surface area (Å²) in [6.45, 7) is 5.64. The first-order chi connectivity index (χ1) is 14.0. The van der Waals surface area contributed by atoms with Crippen molar-refractivity contribution in [3.05, 3.63) is 0 Å². The van der Waals surface area contributed by atoms with Crippen LogP contribution in [0.5, 0.6) is 0 Å². The van der Waals surface area contributed by atoms with Gasteiger partial charge in [0.05, 0.1) is 0 Å². The lowest BCUT2D eigenvalue weighted by atomic mass is 10.0. The molecule has 10 N–H and O–H groups in total. The van der Waals surface area contributed by atoms with E-state index in [0.29, 0.717) is 49.9 Å². The Morgan fingerprint density at radius 2 is 1.34 bits per heavy atom. The molecule has 3 aliphatic heterocycles. The normalized spacial score (nSPS) is 33.2. The fourth-order valence-electron chi connectivity index (χ4n) is 4.52. The molecule has 162 valence electrons. The minimum Gasteiger partial charge on any atom is -0.354 e. The van der Waals surface area contributed by atoms with Gasteiger partial charge in [0.15, 0.2) is 0 Å². The van der Waals surface area contributed by atoms with Crippen LogP contribution in [0.4, 0.5) is 17.8 Å². The first kappa shape index (κ1) is 20.5. The fourth-order valence-corrected chi connectivity index (χ4v) is 4.52. The number of hydrogen-bond acceptors (Lipinski definition) is 11. The molecule has 5 atom stereocenters. The zero-order valence-corrected chi connectivity index (χ0v) is 17.0. The summed E-state index contributed by atoms with van der Waals surface area (Å²) in [5.74, 6) is 2.38. The van der Waals surface area contributed by atoms with Crippen molar-refractivity contribution < 1.29 is 0 Å². The summed E-state index contributed by atoms with van der Waals surface area (Å²) in [6.07, 6.45) is 2.78. The third-order valence-corrected chi connectivity index (χ3v) is 5.92. The molecule has 11 heteroatoms. The average molecular weight is 406 g/mol. The number of aromatic nitrogens is 3. The summed E-state index contributed by atoms with van der Waals surface area (Å²) < 4.78 is 0. The van der Waals surface area contributed by atoms with Crippen molar-refractivity contribution in [3.63, 3.8) is 0 Å². The number of nitrogens with one attached hydrogen (secondary N) is 2. The molecule has 0 aliphatic carbocycles. The predicted octanol–water partition coefficient (Wildman–Crippen LogP) is -2.38. The van der Waals surface area contributed by atoms with Gasteiger partial charge >= 0.3 is 0 Å². The van der Waals surface area contributed by atoms with Gasteiger partial charge in [0.1, 0.15) is 0 Å². The van der Waals surface area contributed by atoms with E-state index >= 15 is 0 Å². The Hall–Kier alpha value is -1.79. The fraction of sp³-hybridized carbons (Fsp3) is 0.833. The van der Waals surface area contributed by atoms with Gasteiger partial charge in [-0.1, -0.05) is 0 Å². The van der Waals surface area contributed by atoms with Gasteiger partial charge < -0.3 is 43.4 Å². The number of rotatable bonds is 5. The van der Waals surface area contributed by atoms with Gasteiger partial charge in [0.25, 0.3) is 0 Å². The van der Waals surface area contributed by atoms with Crippen LogP contribution in [-0.4, -0.2) is 84.9 Å². The maximum atomic E-state index is 6.19. The second kappa shape index (κ2) is 8.92. The van der Waals surface area contributed by atoms with Gasteiger partial charge in [-0.15, -0.1) is 0 Å². The van der Waals surface area contributed by atoms with Crippen LogP contribution in [0.3, 0.4) is 0 Å². The molecule has 3 fully saturated rings. The minimum absolute atomic E-state index is 0.0109. The molecule has 11 nitrogen and oxygen atoms in total. The highest BCUT2D eigenvalue weighted by Gasteiger charge is 2.29. The lowest BCUT2D eigenvalue weighted by Gasteiger charge is -2.37. The molecule has 29 heavy (non-hydrogen) atoms. The SMILES string of the molecule is N[C@@H]1C[C@H](N)CN(c2nc(NCC3CCNC3)nc(N3C[C@H](N)C[C@H](N)C3)n2)C1. The number of piperidine rings is 2. The van der Waals surface area contributed by atoms with E-state index in [1.807, 2.05) is 0 Å². The number of anilines is 3. The molecule has 3 saturated heterocycles. The molecule has 1 aromatic rings. The van der Waals surface area contributed by atoms with Crippen LogP contribution in [-0.2, 0) is 0 Å². The third-order valence-electron chi connectivity index (χ3n) is 5.92. The van der Waals surface area contributed by atoms with Gasteiger partial charge in [-0.05, 0) is 38.3 Å². The Balaban J connectivity index is 1.57. The lowest BCUT2D eigenvalue weighted by Crippen LogP contribution is -2.54. The maximum absolute atomic E-state index is 6.19. The second-order valence-corrected chi connectivity index (χ2v) is 8.82. The molecule has 0 amide bonds. The van der Waals surface area contributed by atoms with Crippen LogP contribution in [0, 0.1) is 5.92 Å². The molecule has 1 unspecified atom stereocenters. The van der Waals surface area contributed by atoms with Crippen molar-refractivity contribution in [2.24, 2.45) is 28.9 Å². The Morgan fingerprint density at radius 3 is 1.79 bits per heavy atom. The Morgan fingerprint density at radius 1 is 0.828 bits per heavy atom. The number of hydrogen-bond donors (Lipinski definition) is 6. The topological polar surface area (TPSA) is 173 Å². The molecule has 0 aromatic carbocycles. The third kappa shape index (κ3) is 5.23. The quantitative estimate of drug-likeness (QED) is 0.309. The van der Waals surface area contributed by atoms with E-state index < -0.39 is 0 Å². The predicted molar refractivity (Wildman–Crippen MR) is 115 cm³/mol. The van der Waals surface area contributed by atoms with Gasteiger partial charge in [0, 0.05) is 56.9 Å². The van der Waals surface area contributed by atoms with Crippen LogP contribution < -0.4 is 43.4 Å². The van der Waals surface area contributed by atoms with Gasteiger partial charge in [-0.25, -0.2) is 0 Å². The van der Waals surface area contributed by atoms with Crippen LogP contribution in [0.2, 0.25) is 0 Å². The zero-order valence-electron chi connectivity index (χ0n) is 17.0. The van der Waals surface area contributed by atoms with E-state index in [9.17, 15) is 0 Å². The molecule has 3 aliphatic rings. The van der Waals surface area contributed by atoms with Crippen molar-refractivity contribution >= 4 is 17.8 Å². The highest BCUT2D eigenvalue weighted by molar-refractivity contribution is 5.46. The van der Waals surface area contributed by atoms with E-state index in [4.69, 9.17) is 37.9 Å². The van der Waals surface area contributed by atoms with Crippen molar-refractivity contribution in [2.45, 2.75) is 43.4 Å². The van der Waals surface area contributed by atoms with Crippen LogP contribution in [0.25, 0.3) is 0 Å².